The number of para-hydroxylation sites is 1. The normalized spacial score (nSPS) is 12.0. The number of aromatic nitrogens is 2. The van der Waals surface area contributed by atoms with E-state index < -0.39 is 6.10 Å². The van der Waals surface area contributed by atoms with Crippen LogP contribution in [0.2, 0.25) is 0 Å². The molecule has 36 heavy (non-hydrogen) atoms. The van der Waals surface area contributed by atoms with Crippen LogP contribution in [0.3, 0.4) is 0 Å². The summed E-state index contributed by atoms with van der Waals surface area (Å²) in [4.78, 5) is 2.14. The molecule has 3 rings (SSSR count). The zero-order chi connectivity index (χ0) is 25.8. The topological polar surface area (TPSA) is 78.2 Å². The number of nitrogens with zero attached hydrogens (tertiary/aromatic N) is 3. The number of rotatable bonds is 16. The Hall–Kier alpha value is -3.17. The van der Waals surface area contributed by atoms with E-state index in [-0.39, 0.29) is 6.61 Å². The molecule has 0 aliphatic carbocycles. The molecule has 2 aromatic carbocycles. The van der Waals surface area contributed by atoms with Gasteiger partial charge < -0.3 is 24.1 Å². The van der Waals surface area contributed by atoms with Gasteiger partial charge >= 0.3 is 0 Å². The number of ether oxygens (including phenoxy) is 4. The summed E-state index contributed by atoms with van der Waals surface area (Å²) in [6.45, 7) is 8.48. The summed E-state index contributed by atoms with van der Waals surface area (Å²) in [6.07, 6.45) is 1.75. The van der Waals surface area contributed by atoms with Crippen molar-refractivity contribution in [2.75, 3.05) is 47.1 Å². The second-order valence-corrected chi connectivity index (χ2v) is 8.32. The third kappa shape index (κ3) is 7.66. The number of hydrogen-bond acceptors (Lipinski definition) is 7. The van der Waals surface area contributed by atoms with E-state index in [1.54, 1.807) is 20.3 Å². The molecular formula is C28H37N3O5. The minimum absolute atomic E-state index is 0.231. The first-order valence-electron chi connectivity index (χ1n) is 12.2. The fraction of sp³-hybridized carbons (Fsp3) is 0.393. The van der Waals surface area contributed by atoms with Gasteiger partial charge in [-0.05, 0) is 42.8 Å². The van der Waals surface area contributed by atoms with Crippen molar-refractivity contribution < 1.29 is 24.1 Å². The average molecular weight is 496 g/mol. The van der Waals surface area contributed by atoms with Gasteiger partial charge in [-0.15, -0.1) is 6.58 Å². The largest absolute Gasteiger partial charge is 0.497 e. The molecule has 194 valence electrons. The van der Waals surface area contributed by atoms with Gasteiger partial charge in [0.05, 0.1) is 50.0 Å². The molecule has 0 saturated heterocycles. The van der Waals surface area contributed by atoms with Crippen LogP contribution in [0, 0.1) is 0 Å². The van der Waals surface area contributed by atoms with Gasteiger partial charge in [0, 0.05) is 26.7 Å². The monoisotopic (exact) mass is 495 g/mol. The molecule has 0 saturated carbocycles. The minimum Gasteiger partial charge on any atom is -0.497 e. The Morgan fingerprint density at radius 3 is 2.44 bits per heavy atom. The Morgan fingerprint density at radius 1 is 1.08 bits per heavy atom. The van der Waals surface area contributed by atoms with E-state index in [2.05, 4.69) is 18.4 Å². The van der Waals surface area contributed by atoms with Crippen LogP contribution in [0.5, 0.6) is 17.4 Å². The number of hydrogen-bond donors (Lipinski definition) is 1. The fourth-order valence-corrected chi connectivity index (χ4v) is 3.84. The maximum absolute atomic E-state index is 10.6. The summed E-state index contributed by atoms with van der Waals surface area (Å²) in [7, 11) is 3.31. The van der Waals surface area contributed by atoms with Crippen LogP contribution in [0.25, 0.3) is 5.69 Å². The molecule has 0 radical (unpaired) electrons. The van der Waals surface area contributed by atoms with E-state index in [9.17, 15) is 5.11 Å². The van der Waals surface area contributed by atoms with Crippen LogP contribution < -0.4 is 9.47 Å². The molecule has 3 aromatic rings. The second kappa shape index (κ2) is 14.4. The molecule has 8 heteroatoms. The molecule has 0 amide bonds. The molecule has 0 aliphatic rings. The first-order valence-corrected chi connectivity index (χ1v) is 12.2. The third-order valence-corrected chi connectivity index (χ3v) is 5.64. The molecule has 0 bridgehead atoms. The van der Waals surface area contributed by atoms with Crippen molar-refractivity contribution in [3.05, 3.63) is 78.5 Å². The standard InChI is InChI=1S/C28H37N3O5/c1-5-17-35-21-23(32)19-30(16-18-33-3)20-26-27(6-2)29-31(22-10-8-7-9-11-22)28(26)36-25-14-12-24(34-4)13-15-25/h5,7-15,23,32H,1,6,16-21H2,2-4H3. The predicted octanol–water partition coefficient (Wildman–Crippen LogP) is 4.25. The third-order valence-electron chi connectivity index (χ3n) is 5.64. The van der Waals surface area contributed by atoms with Crippen molar-refractivity contribution in [2.45, 2.75) is 26.0 Å². The Balaban J connectivity index is 1.96. The van der Waals surface area contributed by atoms with Gasteiger partial charge in [0.2, 0.25) is 5.88 Å². The van der Waals surface area contributed by atoms with Gasteiger partial charge in [-0.25, -0.2) is 4.68 Å². The van der Waals surface area contributed by atoms with Gasteiger partial charge in [0.15, 0.2) is 0 Å². The lowest BCUT2D eigenvalue weighted by Gasteiger charge is -2.25. The lowest BCUT2D eigenvalue weighted by molar-refractivity contribution is 0.0192. The van der Waals surface area contributed by atoms with Crippen LogP contribution in [0.15, 0.2) is 67.3 Å². The van der Waals surface area contributed by atoms with Gasteiger partial charge in [0.25, 0.3) is 0 Å². The van der Waals surface area contributed by atoms with E-state index >= 15 is 0 Å². The van der Waals surface area contributed by atoms with E-state index in [0.717, 1.165) is 29.1 Å². The molecule has 1 N–H and O–H groups in total. The molecule has 1 aromatic heterocycles. The summed E-state index contributed by atoms with van der Waals surface area (Å²) in [5.41, 5.74) is 2.80. The molecule has 8 nitrogen and oxygen atoms in total. The lowest BCUT2D eigenvalue weighted by atomic mass is 10.1. The van der Waals surface area contributed by atoms with Crippen molar-refractivity contribution in [1.29, 1.82) is 0 Å². The van der Waals surface area contributed by atoms with Crippen molar-refractivity contribution in [3.63, 3.8) is 0 Å². The van der Waals surface area contributed by atoms with Gasteiger partial charge in [-0.3, -0.25) is 4.90 Å². The fourth-order valence-electron chi connectivity index (χ4n) is 3.84. The summed E-state index contributed by atoms with van der Waals surface area (Å²) >= 11 is 0. The van der Waals surface area contributed by atoms with Crippen LogP contribution in [-0.4, -0.2) is 73.0 Å². The quantitative estimate of drug-likeness (QED) is 0.235. The minimum atomic E-state index is -0.651. The highest BCUT2D eigenvalue weighted by Crippen LogP contribution is 2.33. The molecule has 1 atom stereocenters. The maximum atomic E-state index is 10.6. The van der Waals surface area contributed by atoms with E-state index in [0.29, 0.717) is 44.5 Å². The smallest absolute Gasteiger partial charge is 0.227 e. The number of aliphatic hydroxyl groups is 1. The van der Waals surface area contributed by atoms with Gasteiger partial charge in [0.1, 0.15) is 11.5 Å². The zero-order valence-corrected chi connectivity index (χ0v) is 21.4. The molecule has 0 aliphatic heterocycles. The molecule has 0 spiro atoms. The summed E-state index contributed by atoms with van der Waals surface area (Å²) in [5, 5.41) is 15.5. The number of methoxy groups -OCH3 is 2. The molecule has 1 unspecified atom stereocenters. The van der Waals surface area contributed by atoms with Crippen LogP contribution in [0.1, 0.15) is 18.2 Å². The molecule has 1 heterocycles. The first kappa shape index (κ1) is 27.4. The number of aliphatic hydroxyl groups excluding tert-OH is 1. The highest BCUT2D eigenvalue weighted by Gasteiger charge is 2.23. The van der Waals surface area contributed by atoms with Crippen molar-refractivity contribution >= 4 is 0 Å². The number of aryl methyl sites for hydroxylation is 1. The zero-order valence-electron chi connectivity index (χ0n) is 21.4. The van der Waals surface area contributed by atoms with Crippen LogP contribution in [-0.2, 0) is 22.4 Å². The van der Waals surface area contributed by atoms with E-state index in [1.165, 1.54) is 0 Å². The second-order valence-electron chi connectivity index (χ2n) is 8.32. The maximum Gasteiger partial charge on any atom is 0.227 e. The summed E-state index contributed by atoms with van der Waals surface area (Å²) in [5.74, 6) is 2.08. The highest BCUT2D eigenvalue weighted by molar-refractivity contribution is 5.44. The Kier molecular flexibility index (Phi) is 11.0. The summed E-state index contributed by atoms with van der Waals surface area (Å²) in [6, 6.07) is 17.4. The van der Waals surface area contributed by atoms with Crippen molar-refractivity contribution in [1.82, 2.24) is 14.7 Å². The van der Waals surface area contributed by atoms with Crippen LogP contribution >= 0.6 is 0 Å². The lowest BCUT2D eigenvalue weighted by Crippen LogP contribution is -2.36. The predicted molar refractivity (Wildman–Crippen MR) is 140 cm³/mol. The van der Waals surface area contributed by atoms with Crippen LogP contribution in [0.4, 0.5) is 0 Å². The Labute approximate surface area is 213 Å². The Morgan fingerprint density at radius 2 is 1.81 bits per heavy atom. The highest BCUT2D eigenvalue weighted by atomic mass is 16.5. The number of benzene rings is 2. The SMILES string of the molecule is C=CCOCC(O)CN(CCOC)Cc1c(CC)nn(-c2ccccc2)c1Oc1ccc(OC)cc1. The molecular weight excluding hydrogens is 458 g/mol. The van der Waals surface area contributed by atoms with E-state index in [4.69, 9.17) is 24.0 Å². The van der Waals surface area contributed by atoms with Gasteiger partial charge in [-0.1, -0.05) is 31.2 Å². The Bertz CT molecular complexity index is 1050. The van der Waals surface area contributed by atoms with Gasteiger partial charge in [-0.2, -0.15) is 5.10 Å². The summed E-state index contributed by atoms with van der Waals surface area (Å²) < 4.78 is 24.4. The first-order chi connectivity index (χ1) is 17.6. The van der Waals surface area contributed by atoms with E-state index in [1.807, 2.05) is 59.3 Å². The average Bonchev–Trinajstić information content (AvgIpc) is 3.25. The van der Waals surface area contributed by atoms with Crippen molar-refractivity contribution in [3.8, 4) is 23.1 Å². The molecule has 0 fully saturated rings. The van der Waals surface area contributed by atoms with Crippen molar-refractivity contribution in [2.24, 2.45) is 0 Å².